The minimum Gasteiger partial charge on any atom is -0.508 e. The molecule has 19 heavy (non-hydrogen) atoms. The van der Waals surface area contributed by atoms with Crippen molar-refractivity contribution < 1.29 is 10.0 Å². The smallest absolute Gasteiger partial charge is 0.311 e. The van der Waals surface area contributed by atoms with Crippen LogP contribution in [0.4, 0.5) is 11.5 Å². The molecule has 1 aromatic heterocycles. The first-order valence-electron chi connectivity index (χ1n) is 5.69. The highest BCUT2D eigenvalue weighted by Gasteiger charge is 2.15. The van der Waals surface area contributed by atoms with Gasteiger partial charge in [-0.05, 0) is 18.6 Å². The van der Waals surface area contributed by atoms with Crippen molar-refractivity contribution in [1.82, 2.24) is 4.98 Å². The lowest BCUT2D eigenvalue weighted by atomic mass is 10.2. The van der Waals surface area contributed by atoms with Gasteiger partial charge in [0.05, 0.1) is 4.92 Å². The summed E-state index contributed by atoms with van der Waals surface area (Å²) < 4.78 is 0. The number of aromatic nitrogens is 1. The Balaban J connectivity index is 2.20. The molecular weight excluding hydrogens is 246 g/mol. The van der Waals surface area contributed by atoms with Crippen molar-refractivity contribution in [3.8, 4) is 5.75 Å². The zero-order chi connectivity index (χ0) is 13.8. The van der Waals surface area contributed by atoms with Crippen LogP contribution in [-0.2, 0) is 6.54 Å². The van der Waals surface area contributed by atoms with Gasteiger partial charge < -0.3 is 10.4 Å². The average Bonchev–Trinajstić information content (AvgIpc) is 2.38. The summed E-state index contributed by atoms with van der Waals surface area (Å²) in [6, 6.07) is 8.26. The standard InChI is InChI=1S/C13H13N3O3/c1-9-6-11(16(18)19)13(14-7-9)15-8-10-4-2-3-5-12(10)17/h2-7,17H,8H2,1H3,(H,14,15). The van der Waals surface area contributed by atoms with Crippen molar-refractivity contribution in [3.05, 3.63) is 57.8 Å². The van der Waals surface area contributed by atoms with Gasteiger partial charge >= 0.3 is 5.69 Å². The third kappa shape index (κ3) is 2.98. The van der Waals surface area contributed by atoms with Crippen LogP contribution in [0.2, 0.25) is 0 Å². The molecule has 6 heteroatoms. The van der Waals surface area contributed by atoms with Crippen molar-refractivity contribution >= 4 is 11.5 Å². The lowest BCUT2D eigenvalue weighted by Gasteiger charge is -2.08. The van der Waals surface area contributed by atoms with Crippen molar-refractivity contribution in [1.29, 1.82) is 0 Å². The lowest BCUT2D eigenvalue weighted by molar-refractivity contribution is -0.384. The van der Waals surface area contributed by atoms with E-state index < -0.39 is 4.92 Å². The summed E-state index contributed by atoms with van der Waals surface area (Å²) in [6.07, 6.45) is 1.56. The minimum absolute atomic E-state index is 0.0737. The first-order chi connectivity index (χ1) is 9.08. The molecule has 2 aromatic rings. The molecule has 0 spiro atoms. The number of anilines is 1. The van der Waals surface area contributed by atoms with E-state index in [9.17, 15) is 15.2 Å². The van der Waals surface area contributed by atoms with Gasteiger partial charge in [0.15, 0.2) is 0 Å². The molecule has 1 heterocycles. The van der Waals surface area contributed by atoms with E-state index in [0.717, 1.165) is 5.56 Å². The van der Waals surface area contributed by atoms with E-state index in [-0.39, 0.29) is 23.8 Å². The number of rotatable bonds is 4. The number of nitro groups is 1. The van der Waals surface area contributed by atoms with E-state index in [1.165, 1.54) is 6.07 Å². The van der Waals surface area contributed by atoms with Crippen LogP contribution in [-0.4, -0.2) is 15.0 Å². The highest BCUT2D eigenvalue weighted by molar-refractivity contribution is 5.57. The van der Waals surface area contributed by atoms with Crippen LogP contribution in [0.15, 0.2) is 36.5 Å². The highest BCUT2D eigenvalue weighted by Crippen LogP contribution is 2.24. The molecule has 0 radical (unpaired) electrons. The summed E-state index contributed by atoms with van der Waals surface area (Å²) in [4.78, 5) is 14.5. The fourth-order valence-corrected chi connectivity index (χ4v) is 1.67. The first-order valence-corrected chi connectivity index (χ1v) is 5.69. The number of benzene rings is 1. The molecule has 2 rings (SSSR count). The predicted molar refractivity (Wildman–Crippen MR) is 71.1 cm³/mol. The molecule has 0 aliphatic rings. The summed E-state index contributed by atoms with van der Waals surface area (Å²) in [5, 5.41) is 23.4. The molecule has 0 atom stereocenters. The number of pyridine rings is 1. The Morgan fingerprint density at radius 2 is 2.16 bits per heavy atom. The van der Waals surface area contributed by atoms with Gasteiger partial charge in [0.1, 0.15) is 5.75 Å². The minimum atomic E-state index is -0.479. The molecule has 98 valence electrons. The summed E-state index contributed by atoms with van der Waals surface area (Å²) in [5.41, 5.74) is 1.30. The third-order valence-corrected chi connectivity index (χ3v) is 2.64. The molecule has 2 N–H and O–H groups in total. The van der Waals surface area contributed by atoms with Gasteiger partial charge in [-0.15, -0.1) is 0 Å². The van der Waals surface area contributed by atoms with Crippen molar-refractivity contribution in [2.75, 3.05) is 5.32 Å². The number of phenols is 1. The van der Waals surface area contributed by atoms with Crippen LogP contribution in [0.1, 0.15) is 11.1 Å². The van der Waals surface area contributed by atoms with Crippen LogP contribution in [0.3, 0.4) is 0 Å². The van der Waals surface area contributed by atoms with Gasteiger partial charge in [-0.3, -0.25) is 10.1 Å². The van der Waals surface area contributed by atoms with E-state index >= 15 is 0 Å². The maximum absolute atomic E-state index is 10.9. The Labute approximate surface area is 109 Å². The van der Waals surface area contributed by atoms with Crippen LogP contribution in [0, 0.1) is 17.0 Å². The summed E-state index contributed by atoms with van der Waals surface area (Å²) in [7, 11) is 0. The van der Waals surface area contributed by atoms with Crippen LogP contribution in [0.25, 0.3) is 0 Å². The van der Waals surface area contributed by atoms with Crippen LogP contribution < -0.4 is 5.32 Å². The Bertz CT molecular complexity index is 614. The summed E-state index contributed by atoms with van der Waals surface area (Å²) >= 11 is 0. The molecule has 0 aliphatic carbocycles. The van der Waals surface area contributed by atoms with Gasteiger partial charge in [0, 0.05) is 24.4 Å². The van der Waals surface area contributed by atoms with E-state index in [1.54, 1.807) is 37.4 Å². The summed E-state index contributed by atoms with van der Waals surface area (Å²) in [6.45, 7) is 2.01. The zero-order valence-electron chi connectivity index (χ0n) is 10.3. The van der Waals surface area contributed by atoms with Gasteiger partial charge in [0.25, 0.3) is 0 Å². The quantitative estimate of drug-likeness (QED) is 0.650. The molecule has 1 aromatic carbocycles. The van der Waals surface area contributed by atoms with E-state index in [0.29, 0.717) is 5.56 Å². The third-order valence-electron chi connectivity index (χ3n) is 2.64. The molecule has 0 amide bonds. The second-order valence-electron chi connectivity index (χ2n) is 4.12. The van der Waals surface area contributed by atoms with Crippen LogP contribution >= 0.6 is 0 Å². The van der Waals surface area contributed by atoms with Crippen molar-refractivity contribution in [2.24, 2.45) is 0 Å². The monoisotopic (exact) mass is 259 g/mol. The Morgan fingerprint density at radius 3 is 2.84 bits per heavy atom. The van der Waals surface area contributed by atoms with Crippen molar-refractivity contribution in [3.63, 3.8) is 0 Å². The Morgan fingerprint density at radius 1 is 1.42 bits per heavy atom. The Kier molecular flexibility index (Phi) is 3.61. The summed E-state index contributed by atoms with van der Waals surface area (Å²) in [5.74, 6) is 0.337. The first kappa shape index (κ1) is 12.8. The zero-order valence-corrected chi connectivity index (χ0v) is 10.3. The largest absolute Gasteiger partial charge is 0.508 e. The SMILES string of the molecule is Cc1cnc(NCc2ccccc2O)c([N+](=O)[O-])c1. The van der Waals surface area contributed by atoms with Gasteiger partial charge in [0.2, 0.25) is 5.82 Å². The number of aromatic hydroxyl groups is 1. The van der Waals surface area contributed by atoms with Crippen LogP contribution in [0.5, 0.6) is 5.75 Å². The molecule has 0 bridgehead atoms. The maximum Gasteiger partial charge on any atom is 0.311 e. The Hall–Kier alpha value is -2.63. The molecule has 0 saturated heterocycles. The number of phenolic OH excluding ortho intramolecular Hbond substituents is 1. The number of aryl methyl sites for hydroxylation is 1. The molecule has 0 saturated carbocycles. The normalized spacial score (nSPS) is 10.2. The maximum atomic E-state index is 10.9. The molecule has 6 nitrogen and oxygen atoms in total. The predicted octanol–water partition coefficient (Wildman–Crippen LogP) is 2.62. The number of nitrogens with one attached hydrogen (secondary N) is 1. The number of hydrogen-bond acceptors (Lipinski definition) is 5. The second kappa shape index (κ2) is 5.34. The van der Waals surface area contributed by atoms with Gasteiger partial charge in [-0.2, -0.15) is 0 Å². The second-order valence-corrected chi connectivity index (χ2v) is 4.12. The fraction of sp³-hybridized carbons (Fsp3) is 0.154. The molecule has 0 unspecified atom stereocenters. The molecule has 0 aliphatic heterocycles. The van der Waals surface area contributed by atoms with E-state index in [1.807, 2.05) is 0 Å². The van der Waals surface area contributed by atoms with E-state index in [2.05, 4.69) is 10.3 Å². The number of nitrogens with zero attached hydrogens (tertiary/aromatic N) is 2. The van der Waals surface area contributed by atoms with E-state index in [4.69, 9.17) is 0 Å². The number of hydrogen-bond donors (Lipinski definition) is 2. The topological polar surface area (TPSA) is 88.3 Å². The van der Waals surface area contributed by atoms with Crippen molar-refractivity contribution in [2.45, 2.75) is 13.5 Å². The molecule has 0 fully saturated rings. The fourth-order valence-electron chi connectivity index (χ4n) is 1.67. The van der Waals surface area contributed by atoms with Gasteiger partial charge in [-0.25, -0.2) is 4.98 Å². The number of para-hydroxylation sites is 1. The molecular formula is C13H13N3O3. The van der Waals surface area contributed by atoms with Gasteiger partial charge in [-0.1, -0.05) is 18.2 Å². The average molecular weight is 259 g/mol. The lowest BCUT2D eigenvalue weighted by Crippen LogP contribution is -2.05. The highest BCUT2D eigenvalue weighted by atomic mass is 16.6.